The summed E-state index contributed by atoms with van der Waals surface area (Å²) in [7, 11) is 0. The van der Waals surface area contributed by atoms with E-state index in [-0.39, 0.29) is 12.0 Å². The number of morpholine rings is 1. The second kappa shape index (κ2) is 6.46. The second-order valence-corrected chi connectivity index (χ2v) is 5.75. The average molecular weight is 317 g/mol. The summed E-state index contributed by atoms with van der Waals surface area (Å²) in [6.45, 7) is 3.16. The lowest BCUT2D eigenvalue weighted by Gasteiger charge is -2.31. The highest BCUT2D eigenvalue weighted by Gasteiger charge is 2.40. The van der Waals surface area contributed by atoms with Crippen LogP contribution in [0.15, 0.2) is 14.6 Å². The van der Waals surface area contributed by atoms with Gasteiger partial charge in [0, 0.05) is 39.2 Å². The molecule has 1 atom stereocenters. The first-order chi connectivity index (χ1) is 11.1. The zero-order valence-electron chi connectivity index (χ0n) is 13.1. The molecule has 8 heteroatoms. The van der Waals surface area contributed by atoms with Gasteiger partial charge in [-0.05, 0) is 0 Å². The molecule has 1 amide bonds. The number of aryl methyl sites for hydroxylation is 1. The normalized spacial score (nSPS) is 21.9. The van der Waals surface area contributed by atoms with Crippen LogP contribution in [-0.4, -0.2) is 46.4 Å². The minimum Gasteiger partial charge on any atom is -0.423 e. The summed E-state index contributed by atoms with van der Waals surface area (Å²) in [5, 5.41) is 15.9. The van der Waals surface area contributed by atoms with Gasteiger partial charge in [-0.3, -0.25) is 4.79 Å². The Hall–Kier alpha value is -2.27. The topological polar surface area (TPSA) is 93.2 Å². The highest BCUT2D eigenvalue weighted by Crippen LogP contribution is 2.37. The summed E-state index contributed by atoms with van der Waals surface area (Å²) < 4.78 is 11.0. The van der Waals surface area contributed by atoms with Crippen LogP contribution in [0.4, 0.5) is 0 Å². The van der Waals surface area contributed by atoms with Crippen molar-refractivity contribution in [3.63, 3.8) is 0 Å². The quantitative estimate of drug-likeness (QED) is 0.743. The molecule has 1 fully saturated rings. The van der Waals surface area contributed by atoms with Crippen LogP contribution in [0.3, 0.4) is 0 Å². The van der Waals surface area contributed by atoms with Crippen molar-refractivity contribution in [2.75, 3.05) is 19.7 Å². The second-order valence-electron chi connectivity index (χ2n) is 5.75. The van der Waals surface area contributed by atoms with E-state index in [0.29, 0.717) is 57.2 Å². The first kappa shape index (κ1) is 15.6. The standard InChI is InChI=1S/C15H19N5O3/c1-3-4-6-15(18-19-15)7-5-13(21)20-8-9-22-12(10-20)14-17-16-11(2)23-14/h1,12H,4-10H2,2H3. The van der Waals surface area contributed by atoms with Crippen molar-refractivity contribution >= 4 is 5.91 Å². The van der Waals surface area contributed by atoms with Crippen molar-refractivity contribution in [2.45, 2.75) is 44.4 Å². The Morgan fingerprint density at radius 2 is 2.26 bits per heavy atom. The molecule has 1 saturated heterocycles. The molecule has 0 aromatic carbocycles. The molecule has 3 heterocycles. The van der Waals surface area contributed by atoms with Crippen molar-refractivity contribution in [3.8, 4) is 12.3 Å². The molecule has 1 unspecified atom stereocenters. The molecule has 1 aromatic heterocycles. The molecule has 0 radical (unpaired) electrons. The zero-order chi connectivity index (χ0) is 16.3. The maximum atomic E-state index is 12.4. The lowest BCUT2D eigenvalue weighted by Crippen LogP contribution is -2.42. The van der Waals surface area contributed by atoms with E-state index in [1.807, 2.05) is 0 Å². The van der Waals surface area contributed by atoms with Gasteiger partial charge >= 0.3 is 0 Å². The fraction of sp³-hybridized carbons (Fsp3) is 0.667. The van der Waals surface area contributed by atoms with Crippen LogP contribution in [-0.2, 0) is 9.53 Å². The maximum Gasteiger partial charge on any atom is 0.246 e. The SMILES string of the molecule is C#CCCC1(CCC(=O)N2CCOC(c3nnc(C)o3)C2)N=N1. The molecule has 8 nitrogen and oxygen atoms in total. The molecule has 0 bridgehead atoms. The number of ether oxygens (including phenoxy) is 1. The van der Waals surface area contributed by atoms with Gasteiger partial charge in [0.2, 0.25) is 17.7 Å². The van der Waals surface area contributed by atoms with Crippen molar-refractivity contribution in [1.82, 2.24) is 15.1 Å². The average Bonchev–Trinajstić information content (AvgIpc) is 3.22. The molecule has 0 spiro atoms. The van der Waals surface area contributed by atoms with Crippen LogP contribution in [0, 0.1) is 19.3 Å². The molecule has 3 rings (SSSR count). The summed E-state index contributed by atoms with van der Waals surface area (Å²) in [4.78, 5) is 14.2. The van der Waals surface area contributed by atoms with Crippen LogP contribution >= 0.6 is 0 Å². The van der Waals surface area contributed by atoms with Gasteiger partial charge in [-0.2, -0.15) is 10.2 Å². The predicted molar refractivity (Wildman–Crippen MR) is 79.2 cm³/mol. The van der Waals surface area contributed by atoms with E-state index in [1.54, 1.807) is 11.8 Å². The van der Waals surface area contributed by atoms with E-state index in [4.69, 9.17) is 15.6 Å². The fourth-order valence-electron chi connectivity index (χ4n) is 2.60. The van der Waals surface area contributed by atoms with Crippen molar-refractivity contribution < 1.29 is 13.9 Å². The van der Waals surface area contributed by atoms with Crippen molar-refractivity contribution in [2.24, 2.45) is 10.2 Å². The number of hydrogen-bond acceptors (Lipinski definition) is 7. The Labute approximate surface area is 134 Å². The van der Waals surface area contributed by atoms with E-state index in [9.17, 15) is 4.79 Å². The molecule has 122 valence electrons. The Balaban J connectivity index is 1.50. The monoisotopic (exact) mass is 317 g/mol. The highest BCUT2D eigenvalue weighted by molar-refractivity contribution is 5.76. The summed E-state index contributed by atoms with van der Waals surface area (Å²) in [5.41, 5.74) is -0.419. The Morgan fingerprint density at radius 3 is 2.91 bits per heavy atom. The third kappa shape index (κ3) is 3.74. The van der Waals surface area contributed by atoms with Crippen LogP contribution in [0.1, 0.15) is 43.6 Å². The Bertz CT molecular complexity index is 642. The molecule has 2 aliphatic heterocycles. The van der Waals surface area contributed by atoms with Gasteiger partial charge in [0.05, 0.1) is 13.2 Å². The van der Waals surface area contributed by atoms with E-state index in [0.717, 1.165) is 0 Å². The predicted octanol–water partition coefficient (Wildman–Crippen LogP) is 1.63. The first-order valence-corrected chi connectivity index (χ1v) is 7.69. The third-order valence-corrected chi connectivity index (χ3v) is 4.03. The van der Waals surface area contributed by atoms with Crippen LogP contribution < -0.4 is 0 Å². The van der Waals surface area contributed by atoms with Gasteiger partial charge in [-0.25, -0.2) is 0 Å². The van der Waals surface area contributed by atoms with Gasteiger partial charge in [-0.15, -0.1) is 22.5 Å². The van der Waals surface area contributed by atoms with Gasteiger partial charge in [0.15, 0.2) is 11.8 Å². The van der Waals surface area contributed by atoms with Crippen LogP contribution in [0.5, 0.6) is 0 Å². The molecular formula is C15H19N5O3. The van der Waals surface area contributed by atoms with Crippen LogP contribution in [0.25, 0.3) is 0 Å². The first-order valence-electron chi connectivity index (χ1n) is 7.69. The van der Waals surface area contributed by atoms with Gasteiger partial charge in [0.1, 0.15) is 0 Å². The van der Waals surface area contributed by atoms with Crippen molar-refractivity contribution in [3.05, 3.63) is 11.8 Å². The summed E-state index contributed by atoms with van der Waals surface area (Å²) in [6, 6.07) is 0. The number of carbonyl (C=O) groups excluding carboxylic acids is 1. The lowest BCUT2D eigenvalue weighted by molar-refractivity contribution is -0.140. The van der Waals surface area contributed by atoms with E-state index in [2.05, 4.69) is 26.3 Å². The summed E-state index contributed by atoms with van der Waals surface area (Å²) in [6.07, 6.45) is 7.24. The molecule has 2 aliphatic rings. The molecular weight excluding hydrogens is 298 g/mol. The Morgan fingerprint density at radius 1 is 1.43 bits per heavy atom. The number of aromatic nitrogens is 2. The molecule has 0 N–H and O–H groups in total. The minimum absolute atomic E-state index is 0.0620. The lowest BCUT2D eigenvalue weighted by atomic mass is 10.0. The molecule has 0 aliphatic carbocycles. The number of rotatable bonds is 6. The van der Waals surface area contributed by atoms with Gasteiger partial charge in [-0.1, -0.05) is 0 Å². The summed E-state index contributed by atoms with van der Waals surface area (Å²) in [5.74, 6) is 3.55. The van der Waals surface area contributed by atoms with Crippen LogP contribution in [0.2, 0.25) is 0 Å². The fourth-order valence-corrected chi connectivity index (χ4v) is 2.60. The maximum absolute atomic E-state index is 12.4. The van der Waals surface area contributed by atoms with E-state index >= 15 is 0 Å². The summed E-state index contributed by atoms with van der Waals surface area (Å²) >= 11 is 0. The number of terminal acetylenes is 1. The van der Waals surface area contributed by atoms with E-state index < -0.39 is 5.66 Å². The van der Waals surface area contributed by atoms with Crippen molar-refractivity contribution in [1.29, 1.82) is 0 Å². The van der Waals surface area contributed by atoms with Gasteiger partial charge in [0.25, 0.3) is 0 Å². The minimum atomic E-state index is -0.419. The van der Waals surface area contributed by atoms with E-state index in [1.165, 1.54) is 0 Å². The highest BCUT2D eigenvalue weighted by atomic mass is 16.5. The number of carbonyl (C=O) groups is 1. The third-order valence-electron chi connectivity index (χ3n) is 4.03. The number of hydrogen-bond donors (Lipinski definition) is 0. The Kier molecular flexibility index (Phi) is 4.39. The largest absolute Gasteiger partial charge is 0.423 e. The smallest absolute Gasteiger partial charge is 0.246 e. The zero-order valence-corrected chi connectivity index (χ0v) is 13.1. The number of amides is 1. The number of nitrogens with zero attached hydrogens (tertiary/aromatic N) is 5. The molecule has 0 saturated carbocycles. The molecule has 1 aromatic rings. The molecule has 23 heavy (non-hydrogen) atoms. The van der Waals surface area contributed by atoms with Gasteiger partial charge < -0.3 is 14.1 Å².